The fraction of sp³-hybridized carbons (Fsp3) is 0.681. The van der Waals surface area contributed by atoms with Crippen molar-refractivity contribution in [3.63, 3.8) is 0 Å². The summed E-state index contributed by atoms with van der Waals surface area (Å²) < 4.78 is 31.2. The molecule has 3 N–H and O–H groups in total. The first kappa shape index (κ1) is 68.9. The van der Waals surface area contributed by atoms with Crippen LogP contribution in [0.15, 0.2) is 91.0 Å². The zero-order valence-corrected chi connectivity index (χ0v) is 50.3. The van der Waals surface area contributed by atoms with Crippen LogP contribution in [0.5, 0.6) is 0 Å². The van der Waals surface area contributed by atoms with Gasteiger partial charge in [0.1, 0.15) is 24.4 Å². The van der Waals surface area contributed by atoms with Crippen LogP contribution in [0, 0.1) is 0 Å². The summed E-state index contributed by atoms with van der Waals surface area (Å²) in [6.07, 6.45) is 25.4. The molecule has 12 nitrogen and oxygen atoms in total. The van der Waals surface area contributed by atoms with Gasteiger partial charge in [-0.25, -0.2) is 4.79 Å². The van der Waals surface area contributed by atoms with Gasteiger partial charge in [-0.15, -0.1) is 0 Å². The van der Waals surface area contributed by atoms with Gasteiger partial charge in [0.15, 0.2) is 18.3 Å². The number of amides is 1. The number of aliphatic hydroxyl groups excluding tert-OH is 2. The molecule has 454 valence electrons. The van der Waals surface area contributed by atoms with E-state index >= 15 is 0 Å². The lowest BCUT2D eigenvalue weighted by Crippen LogP contribution is -2.67. The van der Waals surface area contributed by atoms with Crippen LogP contribution < -0.4 is 5.32 Å². The van der Waals surface area contributed by atoms with E-state index in [0.717, 1.165) is 76.2 Å². The SMILES string of the molecule is CCCCCCCCCCCCCC(=O)O[C@H](CCCCCCCCCCC)CC(=O)O[C@H]1[C@H](O)[C@@H](CO)O[C@H](C(=O)OC(c2ccccc2)c2ccccc2)[C@@H]1NC(=O)C[C@@H](CCCCCCCCCCC)OCc1ccccc1. The average Bonchev–Trinajstić information content (AvgIpc) is 3.53. The van der Waals surface area contributed by atoms with Crippen LogP contribution in [0.1, 0.15) is 262 Å². The first-order valence-corrected chi connectivity index (χ1v) is 32.3. The Hall–Kier alpha value is -4.62. The van der Waals surface area contributed by atoms with Crippen molar-refractivity contribution in [3.8, 4) is 0 Å². The molecule has 3 aromatic carbocycles. The number of ether oxygens (including phenoxy) is 5. The topological polar surface area (TPSA) is 167 Å². The molecule has 0 spiro atoms. The molecule has 1 fully saturated rings. The van der Waals surface area contributed by atoms with Crippen LogP contribution in [0.25, 0.3) is 0 Å². The van der Waals surface area contributed by atoms with Crippen LogP contribution >= 0.6 is 0 Å². The van der Waals surface area contributed by atoms with Crippen molar-refractivity contribution in [1.29, 1.82) is 0 Å². The molecule has 81 heavy (non-hydrogen) atoms. The van der Waals surface area contributed by atoms with Gasteiger partial charge >= 0.3 is 17.9 Å². The van der Waals surface area contributed by atoms with E-state index in [1.165, 1.54) is 109 Å². The summed E-state index contributed by atoms with van der Waals surface area (Å²) in [5.41, 5.74) is 2.33. The van der Waals surface area contributed by atoms with Gasteiger partial charge in [-0.05, 0) is 42.4 Å². The van der Waals surface area contributed by atoms with Gasteiger partial charge in [-0.2, -0.15) is 0 Å². The maximum Gasteiger partial charge on any atom is 0.338 e. The van der Waals surface area contributed by atoms with Gasteiger partial charge < -0.3 is 39.2 Å². The predicted molar refractivity (Wildman–Crippen MR) is 323 cm³/mol. The summed E-state index contributed by atoms with van der Waals surface area (Å²) in [5, 5.41) is 25.6. The second-order valence-corrected chi connectivity index (χ2v) is 22.9. The molecule has 1 aliphatic rings. The standard InChI is InChI=1S/C69H107NO11/c1-4-7-10-13-16-19-20-23-26-29-41-50-62(73)78-59(49-40-28-25-22-18-15-12-9-6-3)52-63(74)80-67-64(70-61(72)51-58(77-54-55-42-33-30-34-43-55)48-39-27-24-21-17-14-11-8-5-2)68(79-60(53-71)65(67)75)69(76)81-66(56-44-35-31-36-45-56)57-46-37-32-38-47-57/h30-38,42-47,58-60,64-68,71,75H,4-29,39-41,48-54H2,1-3H3,(H,70,72)/t58-,59-,60-,64-,65-,67-,68+/m1/s1. The van der Waals surface area contributed by atoms with E-state index in [1.54, 1.807) is 0 Å². The minimum atomic E-state index is -1.67. The van der Waals surface area contributed by atoms with Crippen LogP contribution in [0.4, 0.5) is 0 Å². The largest absolute Gasteiger partial charge is 0.462 e. The third-order valence-electron chi connectivity index (χ3n) is 15.8. The van der Waals surface area contributed by atoms with Crippen LogP contribution in [-0.2, 0) is 49.5 Å². The Morgan fingerprint density at radius 3 is 1.42 bits per heavy atom. The smallest absolute Gasteiger partial charge is 0.338 e. The van der Waals surface area contributed by atoms with Gasteiger partial charge in [0.05, 0.1) is 32.2 Å². The molecule has 1 heterocycles. The van der Waals surface area contributed by atoms with Crippen molar-refractivity contribution in [3.05, 3.63) is 108 Å². The molecular formula is C69H107NO11. The highest BCUT2D eigenvalue weighted by Crippen LogP contribution is 2.31. The molecular weight excluding hydrogens is 1020 g/mol. The highest BCUT2D eigenvalue weighted by molar-refractivity contribution is 5.81. The van der Waals surface area contributed by atoms with E-state index < -0.39 is 73.2 Å². The number of hydrogen-bond donors (Lipinski definition) is 3. The van der Waals surface area contributed by atoms with Gasteiger partial charge in [0.25, 0.3) is 0 Å². The van der Waals surface area contributed by atoms with Gasteiger partial charge in [-0.1, -0.05) is 285 Å². The highest BCUT2D eigenvalue weighted by atomic mass is 16.6. The minimum absolute atomic E-state index is 0.0884. The second-order valence-electron chi connectivity index (χ2n) is 22.9. The number of hydrogen-bond acceptors (Lipinski definition) is 11. The van der Waals surface area contributed by atoms with Crippen molar-refractivity contribution in [2.45, 2.75) is 294 Å². The van der Waals surface area contributed by atoms with Crippen molar-refractivity contribution in [1.82, 2.24) is 5.32 Å². The fourth-order valence-electron chi connectivity index (χ4n) is 11.0. The van der Waals surface area contributed by atoms with E-state index in [4.69, 9.17) is 23.7 Å². The lowest BCUT2D eigenvalue weighted by Gasteiger charge is -2.43. The zero-order chi connectivity index (χ0) is 58.0. The van der Waals surface area contributed by atoms with Crippen LogP contribution in [0.2, 0.25) is 0 Å². The van der Waals surface area contributed by atoms with Gasteiger partial charge in [0.2, 0.25) is 5.91 Å². The molecule has 0 aromatic heterocycles. The predicted octanol–water partition coefficient (Wildman–Crippen LogP) is 15.7. The van der Waals surface area contributed by atoms with Crippen LogP contribution in [0.3, 0.4) is 0 Å². The molecule has 1 saturated heterocycles. The first-order chi connectivity index (χ1) is 39.7. The number of carbonyl (C=O) groups is 4. The maximum absolute atomic E-state index is 14.8. The molecule has 4 rings (SSSR count). The van der Waals surface area contributed by atoms with E-state index in [0.29, 0.717) is 37.0 Å². The lowest BCUT2D eigenvalue weighted by atomic mass is 9.91. The number of benzene rings is 3. The Balaban J connectivity index is 1.55. The summed E-state index contributed by atoms with van der Waals surface area (Å²) in [6.45, 7) is 6.23. The number of aliphatic hydroxyl groups is 2. The molecule has 7 atom stereocenters. The van der Waals surface area contributed by atoms with E-state index in [1.807, 2.05) is 91.0 Å². The lowest BCUT2D eigenvalue weighted by molar-refractivity contribution is -0.221. The minimum Gasteiger partial charge on any atom is -0.462 e. The van der Waals surface area contributed by atoms with Crippen LogP contribution in [-0.4, -0.2) is 83.3 Å². The summed E-state index contributed by atoms with van der Waals surface area (Å²) in [6, 6.07) is 26.8. The summed E-state index contributed by atoms with van der Waals surface area (Å²) in [5.74, 6) is -2.55. The molecule has 3 aromatic rings. The summed E-state index contributed by atoms with van der Waals surface area (Å²) >= 11 is 0. The number of unbranched alkanes of at least 4 members (excludes halogenated alkanes) is 26. The third-order valence-corrected chi connectivity index (χ3v) is 15.8. The molecule has 12 heteroatoms. The Morgan fingerprint density at radius 1 is 0.519 bits per heavy atom. The average molecular weight is 1130 g/mol. The first-order valence-electron chi connectivity index (χ1n) is 32.3. The fourth-order valence-corrected chi connectivity index (χ4v) is 11.0. The highest BCUT2D eigenvalue weighted by Gasteiger charge is 2.52. The van der Waals surface area contributed by atoms with Gasteiger partial charge in [-0.3, -0.25) is 14.4 Å². The monoisotopic (exact) mass is 1130 g/mol. The zero-order valence-electron chi connectivity index (χ0n) is 50.3. The Kier molecular flexibility index (Phi) is 37.4. The van der Waals surface area contributed by atoms with E-state index in [9.17, 15) is 29.4 Å². The van der Waals surface area contributed by atoms with E-state index in [-0.39, 0.29) is 25.2 Å². The van der Waals surface area contributed by atoms with Crippen molar-refractivity contribution >= 4 is 23.8 Å². The van der Waals surface area contributed by atoms with Crippen molar-refractivity contribution in [2.75, 3.05) is 6.61 Å². The maximum atomic E-state index is 14.8. The number of nitrogens with one attached hydrogen (secondary N) is 1. The Bertz CT molecular complexity index is 2020. The van der Waals surface area contributed by atoms with Gasteiger partial charge in [0, 0.05) is 6.42 Å². The summed E-state index contributed by atoms with van der Waals surface area (Å²) in [4.78, 5) is 57.3. The summed E-state index contributed by atoms with van der Waals surface area (Å²) in [7, 11) is 0. The van der Waals surface area contributed by atoms with Crippen molar-refractivity contribution < 1.29 is 53.1 Å². The number of esters is 3. The molecule has 1 amide bonds. The second kappa shape index (κ2) is 44.0. The molecule has 1 aliphatic heterocycles. The van der Waals surface area contributed by atoms with E-state index in [2.05, 4.69) is 26.1 Å². The quantitative estimate of drug-likeness (QED) is 0.0280. The number of carbonyl (C=O) groups excluding carboxylic acids is 4. The Labute approximate surface area is 489 Å². The molecule has 0 saturated carbocycles. The number of rotatable bonds is 47. The molecule has 0 aliphatic carbocycles. The third kappa shape index (κ3) is 29.5. The molecule has 0 unspecified atom stereocenters. The van der Waals surface area contributed by atoms with Crippen molar-refractivity contribution in [2.24, 2.45) is 0 Å². The normalized spacial score (nSPS) is 17.8. The molecule has 0 bridgehead atoms. The molecule has 0 radical (unpaired) electrons. The Morgan fingerprint density at radius 2 is 0.951 bits per heavy atom.